The van der Waals surface area contributed by atoms with E-state index in [0.717, 1.165) is 24.7 Å². The molecule has 0 bridgehead atoms. The zero-order valence-corrected chi connectivity index (χ0v) is 17.4. The van der Waals surface area contributed by atoms with E-state index >= 15 is 0 Å². The Balaban J connectivity index is 2.02. The summed E-state index contributed by atoms with van der Waals surface area (Å²) in [5, 5.41) is 1.62. The molecule has 4 rings (SSSR count). The molecule has 25 heavy (non-hydrogen) atoms. The van der Waals surface area contributed by atoms with Crippen molar-refractivity contribution in [1.29, 1.82) is 0 Å². The first-order valence-corrected chi connectivity index (χ1v) is 12.6. The van der Waals surface area contributed by atoms with Crippen molar-refractivity contribution in [3.63, 3.8) is 0 Å². The van der Waals surface area contributed by atoms with Crippen LogP contribution in [0.3, 0.4) is 0 Å². The van der Waals surface area contributed by atoms with Gasteiger partial charge in [-0.2, -0.15) is 0 Å². The number of rotatable bonds is 3. The van der Waals surface area contributed by atoms with E-state index in [4.69, 9.17) is 23.2 Å². The molecule has 0 spiro atoms. The summed E-state index contributed by atoms with van der Waals surface area (Å²) in [4.78, 5) is 0. The van der Waals surface area contributed by atoms with E-state index in [2.05, 4.69) is 72.8 Å². The second-order valence-corrected chi connectivity index (χ2v) is 12.6. The van der Waals surface area contributed by atoms with E-state index < -0.39 is 20.2 Å². The van der Waals surface area contributed by atoms with Crippen LogP contribution in [0.5, 0.6) is 0 Å². The summed E-state index contributed by atoms with van der Waals surface area (Å²) < 4.78 is 3.88. The maximum atomic E-state index is 6.88. The van der Waals surface area contributed by atoms with Gasteiger partial charge in [0, 0.05) is 0 Å². The topological polar surface area (TPSA) is 0 Å². The molecule has 0 radical (unpaired) electrons. The van der Waals surface area contributed by atoms with Crippen LogP contribution in [0.15, 0.2) is 91.0 Å². The van der Waals surface area contributed by atoms with Gasteiger partial charge in [0.2, 0.25) is 0 Å². The van der Waals surface area contributed by atoms with Gasteiger partial charge in [-0.25, -0.2) is 0 Å². The first kappa shape index (κ1) is 17.0. The Morgan fingerprint density at radius 3 is 1.24 bits per heavy atom. The van der Waals surface area contributed by atoms with Crippen molar-refractivity contribution in [1.82, 2.24) is 0 Å². The van der Waals surface area contributed by atoms with Crippen LogP contribution >= 0.6 is 23.2 Å². The normalized spacial score (nSPS) is 11.2. The Morgan fingerprint density at radius 2 is 0.840 bits per heavy atom. The van der Waals surface area contributed by atoms with Crippen molar-refractivity contribution in [2.24, 2.45) is 0 Å². The van der Waals surface area contributed by atoms with Crippen LogP contribution in [-0.2, 0) is 0 Å². The minimum atomic E-state index is -2.31. The van der Waals surface area contributed by atoms with Crippen LogP contribution in [0.2, 0.25) is 10.0 Å². The summed E-state index contributed by atoms with van der Waals surface area (Å²) in [5.74, 6) is 0. The van der Waals surface area contributed by atoms with Crippen LogP contribution in [0, 0.1) is 0 Å². The molecule has 0 atom stereocenters. The average Bonchev–Trinajstić information content (AvgIpc) is 2.84. The van der Waals surface area contributed by atoms with Crippen molar-refractivity contribution in [2.75, 3.05) is 0 Å². The minimum absolute atomic E-state index is 0.812. The van der Waals surface area contributed by atoms with Crippen LogP contribution in [0.25, 0.3) is 11.1 Å². The first-order valence-electron chi connectivity index (χ1n) is 8.03. The SMILES string of the molecule is Clc1c2cccccc-2c(Cl)[c]1[Sb]([c]1ccccc1)[c]1ccccc1. The van der Waals surface area contributed by atoms with Gasteiger partial charge in [-0.05, 0) is 0 Å². The average molecular weight is 472 g/mol. The van der Waals surface area contributed by atoms with Gasteiger partial charge in [0.1, 0.15) is 0 Å². The van der Waals surface area contributed by atoms with Gasteiger partial charge in [0.25, 0.3) is 0 Å². The van der Waals surface area contributed by atoms with Gasteiger partial charge in [0.05, 0.1) is 0 Å². The molecule has 0 nitrogen and oxygen atoms in total. The van der Waals surface area contributed by atoms with Gasteiger partial charge in [0.15, 0.2) is 0 Å². The van der Waals surface area contributed by atoms with Crippen LogP contribution in [-0.4, -0.2) is 20.2 Å². The summed E-state index contributed by atoms with van der Waals surface area (Å²) in [7, 11) is 0. The zero-order valence-electron chi connectivity index (χ0n) is 13.4. The van der Waals surface area contributed by atoms with Crippen molar-refractivity contribution < 1.29 is 0 Å². The second kappa shape index (κ2) is 7.42. The number of fused-ring (bicyclic) bond motifs is 1. The Morgan fingerprint density at radius 1 is 0.480 bits per heavy atom. The summed E-state index contributed by atoms with van der Waals surface area (Å²) in [6, 6.07) is 31.5. The molecule has 0 heterocycles. The predicted molar refractivity (Wildman–Crippen MR) is 111 cm³/mol. The van der Waals surface area contributed by atoms with Gasteiger partial charge in [-0.3, -0.25) is 0 Å². The zero-order chi connectivity index (χ0) is 17.2. The maximum absolute atomic E-state index is 6.88. The molecule has 2 aliphatic rings. The monoisotopic (exact) mass is 470 g/mol. The fourth-order valence-electron chi connectivity index (χ4n) is 3.04. The van der Waals surface area contributed by atoms with E-state index in [9.17, 15) is 0 Å². The van der Waals surface area contributed by atoms with E-state index in [1.807, 2.05) is 18.2 Å². The van der Waals surface area contributed by atoms with E-state index in [1.165, 1.54) is 7.02 Å². The van der Waals surface area contributed by atoms with Crippen LogP contribution in [0.1, 0.15) is 0 Å². The van der Waals surface area contributed by atoms with E-state index in [-0.39, 0.29) is 0 Å². The summed E-state index contributed by atoms with van der Waals surface area (Å²) in [5.41, 5.74) is 2.07. The van der Waals surface area contributed by atoms with Crippen molar-refractivity contribution in [2.45, 2.75) is 0 Å². The van der Waals surface area contributed by atoms with E-state index in [1.54, 1.807) is 0 Å². The molecule has 0 fully saturated rings. The first-order chi connectivity index (χ1) is 12.3. The van der Waals surface area contributed by atoms with Gasteiger partial charge < -0.3 is 0 Å². The van der Waals surface area contributed by atoms with E-state index in [0.29, 0.717) is 0 Å². The second-order valence-electron chi connectivity index (χ2n) is 5.72. The van der Waals surface area contributed by atoms with Crippen LogP contribution < -0.4 is 10.5 Å². The summed E-state index contributed by atoms with van der Waals surface area (Å²) >= 11 is 11.4. The van der Waals surface area contributed by atoms with Crippen molar-refractivity contribution in [3.05, 3.63) is 101 Å². The third-order valence-corrected chi connectivity index (χ3v) is 13.0. The fraction of sp³-hybridized carbons (Fsp3) is 0. The quantitative estimate of drug-likeness (QED) is 0.383. The molecule has 2 aromatic rings. The molecule has 2 aromatic carbocycles. The number of hydrogen-bond acceptors (Lipinski definition) is 0. The molecular formula is C22H15Cl2Sb. The predicted octanol–water partition coefficient (Wildman–Crippen LogP) is 4.61. The summed E-state index contributed by atoms with van der Waals surface area (Å²) in [6.07, 6.45) is 0. The van der Waals surface area contributed by atoms with Gasteiger partial charge in [-0.15, -0.1) is 0 Å². The van der Waals surface area contributed by atoms with Crippen molar-refractivity contribution >= 4 is 53.9 Å². The third kappa shape index (κ3) is 3.20. The molecule has 3 heteroatoms. The van der Waals surface area contributed by atoms with Crippen molar-refractivity contribution in [3.8, 4) is 11.1 Å². The summed E-state index contributed by atoms with van der Waals surface area (Å²) in [6.45, 7) is 0. The standard InChI is InChI=1S/C10H5Cl2.2C6H5.Sb/c11-9-6-10(12)8-5-3-1-2-4-7(8)9;2*1-2-4-6-5-3-1;/h1-5H;2*1-5H;. The Kier molecular flexibility index (Phi) is 5.04. The number of benzene rings is 2. The Hall–Kier alpha value is -1.46. The van der Waals surface area contributed by atoms with Gasteiger partial charge >= 0.3 is 166 Å². The Bertz CT molecular complexity index is 891. The number of hydrogen-bond donors (Lipinski definition) is 0. The van der Waals surface area contributed by atoms with Crippen LogP contribution in [0.4, 0.5) is 0 Å². The fourth-order valence-corrected chi connectivity index (χ4v) is 11.6. The molecule has 0 aromatic heterocycles. The van der Waals surface area contributed by atoms with Gasteiger partial charge in [-0.1, -0.05) is 0 Å². The molecular weight excluding hydrogens is 457 g/mol. The molecule has 0 aliphatic heterocycles. The Labute approximate surface area is 165 Å². The molecule has 0 N–H and O–H groups in total. The molecule has 0 saturated carbocycles. The molecule has 0 saturated heterocycles. The third-order valence-electron chi connectivity index (χ3n) is 4.18. The molecule has 0 unspecified atom stereocenters. The number of halogens is 2. The molecule has 122 valence electrons. The molecule has 0 amide bonds. The molecule has 2 aliphatic carbocycles.